The summed E-state index contributed by atoms with van der Waals surface area (Å²) in [5.41, 5.74) is 6.82. The van der Waals surface area contributed by atoms with E-state index in [9.17, 15) is 4.79 Å². The van der Waals surface area contributed by atoms with Gasteiger partial charge in [0.15, 0.2) is 0 Å². The smallest absolute Gasteiger partial charge is 0.272 e. The Morgan fingerprint density at radius 1 is 1.03 bits per heavy atom. The summed E-state index contributed by atoms with van der Waals surface area (Å²) in [5, 5.41) is 5.12. The van der Waals surface area contributed by atoms with E-state index in [0.29, 0.717) is 5.69 Å². The van der Waals surface area contributed by atoms with Crippen LogP contribution in [-0.2, 0) is 26.1 Å². The molecule has 0 saturated carbocycles. The largest absolute Gasteiger partial charge is 0.343 e. The number of aryl methyl sites for hydroxylation is 2. The molecule has 0 spiro atoms. The first-order valence-electron chi connectivity index (χ1n) is 10.3. The van der Waals surface area contributed by atoms with E-state index in [1.165, 1.54) is 5.56 Å². The number of nitrogens with one attached hydrogen (secondary N) is 1. The number of aromatic nitrogens is 2. The standard InChI is InChI=1S/C25H26N4OS/c1-28(17-23-18-31-19-26-23)16-21-9-5-10-22(15-21)27-25(30)24-11-6-13-29(24)14-12-20-7-3-2-4-8-20/h2-11,13,15,18-19H,12,14,16-17H2,1H3,(H,27,30). The van der Waals surface area contributed by atoms with E-state index in [4.69, 9.17) is 0 Å². The third-order valence-electron chi connectivity index (χ3n) is 5.10. The van der Waals surface area contributed by atoms with Crippen LogP contribution in [0.5, 0.6) is 0 Å². The van der Waals surface area contributed by atoms with Gasteiger partial charge < -0.3 is 9.88 Å². The lowest BCUT2D eigenvalue weighted by Gasteiger charge is -2.16. The van der Waals surface area contributed by atoms with Gasteiger partial charge in [0.25, 0.3) is 5.91 Å². The van der Waals surface area contributed by atoms with Gasteiger partial charge in [-0.15, -0.1) is 11.3 Å². The van der Waals surface area contributed by atoms with Crippen LogP contribution in [0, 0.1) is 0 Å². The van der Waals surface area contributed by atoms with Gasteiger partial charge >= 0.3 is 0 Å². The summed E-state index contributed by atoms with van der Waals surface area (Å²) in [6.45, 7) is 2.35. The quantitative estimate of drug-likeness (QED) is 0.403. The number of carbonyl (C=O) groups is 1. The molecule has 31 heavy (non-hydrogen) atoms. The maximum Gasteiger partial charge on any atom is 0.272 e. The van der Waals surface area contributed by atoms with E-state index < -0.39 is 0 Å². The fourth-order valence-electron chi connectivity index (χ4n) is 3.61. The molecule has 0 aliphatic heterocycles. The molecule has 0 aliphatic carbocycles. The van der Waals surface area contributed by atoms with Crippen LogP contribution in [0.1, 0.15) is 27.3 Å². The highest BCUT2D eigenvalue weighted by Crippen LogP contribution is 2.16. The number of anilines is 1. The van der Waals surface area contributed by atoms with Crippen molar-refractivity contribution in [3.05, 3.63) is 106 Å². The second-order valence-electron chi connectivity index (χ2n) is 7.63. The molecule has 0 aliphatic rings. The lowest BCUT2D eigenvalue weighted by molar-refractivity contribution is 0.101. The first kappa shape index (κ1) is 21.0. The molecule has 1 amide bonds. The molecule has 4 rings (SSSR count). The van der Waals surface area contributed by atoms with Gasteiger partial charge in [0, 0.05) is 36.9 Å². The second-order valence-corrected chi connectivity index (χ2v) is 8.35. The Labute approximate surface area is 187 Å². The number of rotatable bonds is 9. The van der Waals surface area contributed by atoms with E-state index in [-0.39, 0.29) is 5.91 Å². The summed E-state index contributed by atoms with van der Waals surface area (Å²) in [7, 11) is 2.07. The highest BCUT2D eigenvalue weighted by molar-refractivity contribution is 7.07. The Bertz CT molecular complexity index is 1110. The highest BCUT2D eigenvalue weighted by atomic mass is 32.1. The van der Waals surface area contributed by atoms with Crippen LogP contribution >= 0.6 is 11.3 Å². The lowest BCUT2D eigenvalue weighted by Crippen LogP contribution is -2.19. The molecule has 0 atom stereocenters. The van der Waals surface area contributed by atoms with Gasteiger partial charge in [-0.05, 0) is 48.9 Å². The zero-order valence-corrected chi connectivity index (χ0v) is 18.4. The van der Waals surface area contributed by atoms with Gasteiger partial charge in [0.2, 0.25) is 0 Å². The van der Waals surface area contributed by atoms with Crippen molar-refractivity contribution in [2.24, 2.45) is 0 Å². The van der Waals surface area contributed by atoms with Crippen molar-refractivity contribution in [1.82, 2.24) is 14.5 Å². The molecule has 2 heterocycles. The van der Waals surface area contributed by atoms with Crippen molar-refractivity contribution in [3.8, 4) is 0 Å². The summed E-state index contributed by atoms with van der Waals surface area (Å²) in [4.78, 5) is 19.5. The Kier molecular flexibility index (Phi) is 6.92. The van der Waals surface area contributed by atoms with E-state index in [0.717, 1.165) is 43.0 Å². The third-order valence-corrected chi connectivity index (χ3v) is 5.73. The minimum absolute atomic E-state index is 0.0916. The molecular weight excluding hydrogens is 404 g/mol. The molecule has 1 N–H and O–H groups in total. The number of hydrogen-bond acceptors (Lipinski definition) is 4. The lowest BCUT2D eigenvalue weighted by atomic mass is 10.1. The van der Waals surface area contributed by atoms with Gasteiger partial charge in [0.05, 0.1) is 11.2 Å². The summed E-state index contributed by atoms with van der Waals surface area (Å²) in [6.07, 6.45) is 2.85. The molecule has 0 fully saturated rings. The van der Waals surface area contributed by atoms with Gasteiger partial charge in [-0.25, -0.2) is 4.98 Å². The molecule has 158 valence electrons. The van der Waals surface area contributed by atoms with Crippen molar-refractivity contribution >= 4 is 22.9 Å². The maximum atomic E-state index is 12.9. The fourth-order valence-corrected chi connectivity index (χ4v) is 4.16. The minimum atomic E-state index is -0.0916. The second kappa shape index (κ2) is 10.2. The molecule has 2 aromatic carbocycles. The average molecular weight is 431 g/mol. The molecule has 0 bridgehead atoms. The van der Waals surface area contributed by atoms with Crippen LogP contribution in [-0.4, -0.2) is 27.4 Å². The van der Waals surface area contributed by atoms with Gasteiger partial charge in [-0.3, -0.25) is 9.69 Å². The molecule has 4 aromatic rings. The summed E-state index contributed by atoms with van der Waals surface area (Å²) in [5.74, 6) is -0.0916. The van der Waals surface area contributed by atoms with Crippen LogP contribution in [0.2, 0.25) is 0 Å². The average Bonchev–Trinajstić information content (AvgIpc) is 3.45. The zero-order valence-electron chi connectivity index (χ0n) is 17.6. The predicted molar refractivity (Wildman–Crippen MR) is 126 cm³/mol. The number of nitrogens with zero attached hydrogens (tertiary/aromatic N) is 3. The van der Waals surface area contributed by atoms with Crippen molar-refractivity contribution in [2.45, 2.75) is 26.1 Å². The fraction of sp³-hybridized carbons (Fsp3) is 0.200. The predicted octanol–water partition coefficient (Wildman–Crippen LogP) is 5.07. The third kappa shape index (κ3) is 5.90. The molecule has 5 nitrogen and oxygen atoms in total. The number of amides is 1. The topological polar surface area (TPSA) is 50.2 Å². The first-order chi connectivity index (χ1) is 15.2. The summed E-state index contributed by atoms with van der Waals surface area (Å²) < 4.78 is 2.01. The molecule has 0 unspecified atom stereocenters. The number of benzene rings is 2. The summed E-state index contributed by atoms with van der Waals surface area (Å²) >= 11 is 1.61. The number of thiazole rings is 1. The van der Waals surface area contributed by atoms with Crippen LogP contribution in [0.25, 0.3) is 0 Å². The Hall–Kier alpha value is -3.22. The van der Waals surface area contributed by atoms with Crippen LogP contribution in [0.15, 0.2) is 83.8 Å². The van der Waals surface area contributed by atoms with Crippen LogP contribution < -0.4 is 5.32 Å². The Morgan fingerprint density at radius 3 is 2.68 bits per heavy atom. The molecule has 0 saturated heterocycles. The SMILES string of the molecule is CN(Cc1cccc(NC(=O)c2cccn2CCc2ccccc2)c1)Cc1cscn1. The van der Waals surface area contributed by atoms with Gasteiger partial charge in [-0.1, -0.05) is 42.5 Å². The number of hydrogen-bond donors (Lipinski definition) is 1. The molecular formula is C25H26N4OS. The summed E-state index contributed by atoms with van der Waals surface area (Å²) in [6, 6.07) is 22.1. The normalized spacial score (nSPS) is 11.0. The Morgan fingerprint density at radius 2 is 1.87 bits per heavy atom. The maximum absolute atomic E-state index is 12.9. The molecule has 0 radical (unpaired) electrons. The van der Waals surface area contributed by atoms with E-state index >= 15 is 0 Å². The highest BCUT2D eigenvalue weighted by Gasteiger charge is 2.12. The van der Waals surface area contributed by atoms with Crippen molar-refractivity contribution in [1.29, 1.82) is 0 Å². The van der Waals surface area contributed by atoms with Gasteiger partial charge in [-0.2, -0.15) is 0 Å². The van der Waals surface area contributed by atoms with Crippen molar-refractivity contribution in [3.63, 3.8) is 0 Å². The van der Waals surface area contributed by atoms with Crippen molar-refractivity contribution < 1.29 is 4.79 Å². The van der Waals surface area contributed by atoms with Crippen LogP contribution in [0.3, 0.4) is 0 Å². The molecule has 6 heteroatoms. The minimum Gasteiger partial charge on any atom is -0.343 e. The van der Waals surface area contributed by atoms with E-state index in [1.54, 1.807) is 11.3 Å². The van der Waals surface area contributed by atoms with Gasteiger partial charge in [0.1, 0.15) is 5.69 Å². The van der Waals surface area contributed by atoms with E-state index in [1.807, 2.05) is 64.8 Å². The van der Waals surface area contributed by atoms with E-state index in [2.05, 4.69) is 45.8 Å². The number of carbonyl (C=O) groups excluding carboxylic acids is 1. The monoisotopic (exact) mass is 430 g/mol. The zero-order chi connectivity index (χ0) is 21.5. The first-order valence-corrected chi connectivity index (χ1v) is 11.3. The van der Waals surface area contributed by atoms with Crippen LogP contribution in [0.4, 0.5) is 5.69 Å². The van der Waals surface area contributed by atoms with Crippen molar-refractivity contribution in [2.75, 3.05) is 12.4 Å². The molecule has 2 aromatic heterocycles. The Balaban J connectivity index is 1.37.